The topological polar surface area (TPSA) is 61.8 Å². The molecule has 3 aromatic carbocycles. The molecule has 0 saturated heterocycles. The Morgan fingerprint density at radius 2 is 1.81 bits per heavy atom. The largest absolute Gasteiger partial charge is 0.510 e. The van der Waals surface area contributed by atoms with Crippen LogP contribution in [0.25, 0.3) is 27.4 Å². The molecular weight excluding hydrogens is 354 g/mol. The summed E-state index contributed by atoms with van der Waals surface area (Å²) in [7, 11) is 1.85. The number of imidazole rings is 1. The molecule has 0 atom stereocenters. The second-order valence-corrected chi connectivity index (χ2v) is 7.26. The molecule has 0 saturated carbocycles. The second-order valence-electron chi connectivity index (χ2n) is 6.21. The smallest absolute Gasteiger partial charge is 0.155 e. The number of aliphatic hydroxyl groups excluding tert-OH is 1. The van der Waals surface area contributed by atoms with Gasteiger partial charge in [-0.2, -0.15) is 5.26 Å². The summed E-state index contributed by atoms with van der Waals surface area (Å²) in [6, 6.07) is 24.1. The van der Waals surface area contributed by atoms with Gasteiger partial charge in [0.2, 0.25) is 0 Å². The molecule has 0 aliphatic rings. The van der Waals surface area contributed by atoms with E-state index < -0.39 is 0 Å². The van der Waals surface area contributed by atoms with E-state index in [0.717, 1.165) is 21.3 Å². The van der Waals surface area contributed by atoms with Gasteiger partial charge in [0, 0.05) is 11.9 Å². The molecule has 1 N–H and O–H groups in total. The van der Waals surface area contributed by atoms with Crippen molar-refractivity contribution in [2.75, 3.05) is 5.75 Å². The van der Waals surface area contributed by atoms with Crippen LogP contribution in [0.1, 0.15) is 5.82 Å². The Morgan fingerprint density at radius 3 is 2.59 bits per heavy atom. The molecule has 0 bridgehead atoms. The molecular formula is C22H17N3OS. The normalized spacial score (nSPS) is 12.1. The van der Waals surface area contributed by atoms with Crippen LogP contribution in [-0.4, -0.2) is 20.4 Å². The molecule has 4 nitrogen and oxygen atoms in total. The average molecular weight is 371 g/mol. The number of aryl methyl sites for hydroxylation is 1. The fourth-order valence-corrected chi connectivity index (χ4v) is 3.92. The van der Waals surface area contributed by atoms with Crippen LogP contribution in [0.15, 0.2) is 77.4 Å². The van der Waals surface area contributed by atoms with Gasteiger partial charge in [0.15, 0.2) is 5.82 Å². The first kappa shape index (κ1) is 17.2. The molecule has 0 aliphatic carbocycles. The molecule has 0 radical (unpaired) electrons. The molecule has 1 heterocycles. The Hall–Kier alpha value is -3.23. The molecule has 4 aromatic rings. The maximum atomic E-state index is 10.6. The average Bonchev–Trinajstić information content (AvgIpc) is 3.03. The predicted molar refractivity (Wildman–Crippen MR) is 111 cm³/mol. The van der Waals surface area contributed by atoms with Crippen LogP contribution in [0.2, 0.25) is 0 Å². The lowest BCUT2D eigenvalue weighted by Gasteiger charge is -2.06. The minimum Gasteiger partial charge on any atom is -0.510 e. The third-order valence-corrected chi connectivity index (χ3v) is 5.51. The summed E-state index contributed by atoms with van der Waals surface area (Å²) < 4.78 is 1.84. The van der Waals surface area contributed by atoms with Crippen molar-refractivity contribution in [1.82, 2.24) is 9.55 Å². The number of hydrogen-bond acceptors (Lipinski definition) is 4. The Balaban J connectivity index is 1.63. The van der Waals surface area contributed by atoms with E-state index in [0.29, 0.717) is 11.6 Å². The van der Waals surface area contributed by atoms with Gasteiger partial charge in [-0.25, -0.2) is 4.98 Å². The lowest BCUT2D eigenvalue weighted by molar-refractivity contribution is 0.420. The minimum absolute atomic E-state index is 0.0362. The third kappa shape index (κ3) is 3.27. The second kappa shape index (κ2) is 7.18. The lowest BCUT2D eigenvalue weighted by Crippen LogP contribution is -2.00. The highest BCUT2D eigenvalue weighted by molar-refractivity contribution is 7.99. The molecule has 0 unspecified atom stereocenters. The zero-order valence-electron chi connectivity index (χ0n) is 14.8. The van der Waals surface area contributed by atoms with Crippen LogP contribution in [0.3, 0.4) is 0 Å². The third-order valence-electron chi connectivity index (χ3n) is 4.51. The van der Waals surface area contributed by atoms with Crippen molar-refractivity contribution in [3.05, 3.63) is 78.3 Å². The highest BCUT2D eigenvalue weighted by Crippen LogP contribution is 2.28. The molecule has 132 valence electrons. The number of hydrogen-bond donors (Lipinski definition) is 1. The van der Waals surface area contributed by atoms with Gasteiger partial charge in [-0.1, -0.05) is 42.5 Å². The van der Waals surface area contributed by atoms with Gasteiger partial charge in [-0.15, -0.1) is 11.8 Å². The number of benzene rings is 3. The molecule has 27 heavy (non-hydrogen) atoms. The first-order valence-corrected chi connectivity index (χ1v) is 9.51. The number of allylic oxidation sites excluding steroid dienone is 1. The minimum atomic E-state index is 0.0362. The molecule has 0 amide bonds. The van der Waals surface area contributed by atoms with Gasteiger partial charge in [-0.05, 0) is 35.0 Å². The molecule has 1 aromatic heterocycles. The van der Waals surface area contributed by atoms with Crippen molar-refractivity contribution >= 4 is 39.1 Å². The van der Waals surface area contributed by atoms with Gasteiger partial charge < -0.3 is 9.67 Å². The van der Waals surface area contributed by atoms with E-state index in [-0.39, 0.29) is 11.3 Å². The highest BCUT2D eigenvalue weighted by atomic mass is 32.2. The van der Waals surface area contributed by atoms with Crippen molar-refractivity contribution in [2.24, 2.45) is 7.05 Å². The van der Waals surface area contributed by atoms with Crippen LogP contribution < -0.4 is 0 Å². The summed E-state index contributed by atoms with van der Waals surface area (Å²) >= 11 is 1.50. The number of para-hydroxylation sites is 2. The predicted octanol–water partition coefficient (Wildman–Crippen LogP) is 5.31. The number of nitriles is 1. The van der Waals surface area contributed by atoms with E-state index in [1.54, 1.807) is 0 Å². The van der Waals surface area contributed by atoms with E-state index >= 15 is 0 Å². The van der Waals surface area contributed by atoms with Gasteiger partial charge in [0.1, 0.15) is 17.4 Å². The Bertz CT molecular complexity index is 1220. The van der Waals surface area contributed by atoms with E-state index in [1.807, 2.05) is 54.1 Å². The number of aromatic nitrogens is 2. The molecule has 5 heteroatoms. The quantitative estimate of drug-likeness (QED) is 0.300. The number of nitrogens with zero attached hydrogens (tertiary/aromatic N) is 3. The number of aliphatic hydroxyl groups is 1. The molecule has 0 spiro atoms. The SMILES string of the molecule is Cn1c(/C(C#N)=C(\O)CSc2ccc3ccccc3c2)nc2ccccc21. The van der Waals surface area contributed by atoms with Gasteiger partial charge >= 0.3 is 0 Å². The van der Waals surface area contributed by atoms with Gasteiger partial charge in [0.05, 0.1) is 16.8 Å². The first-order valence-electron chi connectivity index (χ1n) is 8.53. The van der Waals surface area contributed by atoms with Crippen molar-refractivity contribution in [1.29, 1.82) is 5.26 Å². The van der Waals surface area contributed by atoms with E-state index in [9.17, 15) is 10.4 Å². The van der Waals surface area contributed by atoms with Crippen LogP contribution in [0.4, 0.5) is 0 Å². The molecule has 0 aliphatic heterocycles. The van der Waals surface area contributed by atoms with Crippen LogP contribution in [0.5, 0.6) is 0 Å². The molecule has 0 fully saturated rings. The highest BCUT2D eigenvalue weighted by Gasteiger charge is 2.16. The Morgan fingerprint density at radius 1 is 1.07 bits per heavy atom. The number of rotatable bonds is 4. The monoisotopic (exact) mass is 371 g/mol. The zero-order valence-corrected chi connectivity index (χ0v) is 15.6. The van der Waals surface area contributed by atoms with Gasteiger partial charge in [0.25, 0.3) is 0 Å². The fraction of sp³-hybridized carbons (Fsp3) is 0.0909. The van der Waals surface area contributed by atoms with E-state index in [2.05, 4.69) is 35.3 Å². The number of fused-ring (bicyclic) bond motifs is 2. The van der Waals surface area contributed by atoms with Crippen molar-refractivity contribution in [2.45, 2.75) is 4.90 Å². The van der Waals surface area contributed by atoms with Gasteiger partial charge in [-0.3, -0.25) is 0 Å². The molecule has 4 rings (SSSR count). The summed E-state index contributed by atoms with van der Waals surface area (Å²) in [5.41, 5.74) is 1.94. The maximum absolute atomic E-state index is 10.6. The maximum Gasteiger partial charge on any atom is 0.155 e. The summed E-state index contributed by atoms with van der Waals surface area (Å²) in [5.74, 6) is 0.828. The lowest BCUT2D eigenvalue weighted by atomic mass is 10.1. The fourth-order valence-electron chi connectivity index (χ4n) is 3.09. The summed E-state index contributed by atoms with van der Waals surface area (Å²) in [5, 5.41) is 22.5. The summed E-state index contributed by atoms with van der Waals surface area (Å²) in [6.45, 7) is 0. The number of thioether (sulfide) groups is 1. The standard InChI is InChI=1S/C22H17N3OS/c1-25-20-9-5-4-8-19(20)24-22(25)18(13-23)21(26)14-27-17-11-10-15-6-2-3-7-16(15)12-17/h2-12,26H,14H2,1H3/b21-18-. The Labute approximate surface area is 161 Å². The Kier molecular flexibility index (Phi) is 4.57. The van der Waals surface area contributed by atoms with Crippen molar-refractivity contribution < 1.29 is 5.11 Å². The first-order chi connectivity index (χ1) is 13.2. The summed E-state index contributed by atoms with van der Waals surface area (Å²) in [4.78, 5) is 5.56. The van der Waals surface area contributed by atoms with Crippen molar-refractivity contribution in [3.63, 3.8) is 0 Å². The van der Waals surface area contributed by atoms with Crippen LogP contribution >= 0.6 is 11.8 Å². The van der Waals surface area contributed by atoms with E-state index in [4.69, 9.17) is 0 Å². The van der Waals surface area contributed by atoms with Crippen molar-refractivity contribution in [3.8, 4) is 6.07 Å². The van der Waals surface area contributed by atoms with Crippen LogP contribution in [-0.2, 0) is 7.05 Å². The summed E-state index contributed by atoms with van der Waals surface area (Å²) in [6.07, 6.45) is 0. The zero-order chi connectivity index (χ0) is 18.8. The van der Waals surface area contributed by atoms with E-state index in [1.165, 1.54) is 17.1 Å². The van der Waals surface area contributed by atoms with Crippen LogP contribution in [0, 0.1) is 11.3 Å².